The largest absolute Gasteiger partial charge is 0.466 e. The second kappa shape index (κ2) is 5.75. The van der Waals surface area contributed by atoms with Crippen molar-refractivity contribution in [2.24, 2.45) is 11.8 Å². The van der Waals surface area contributed by atoms with E-state index < -0.39 is 35.1 Å². The maximum atomic E-state index is 12.6. The zero-order valence-electron chi connectivity index (χ0n) is 14.4. The summed E-state index contributed by atoms with van der Waals surface area (Å²) in [4.78, 5) is 25.0. The highest BCUT2D eigenvalue weighted by Gasteiger charge is 2.64. The first-order valence-corrected chi connectivity index (χ1v) is 8.28. The first kappa shape index (κ1) is 17.8. The van der Waals surface area contributed by atoms with Crippen molar-refractivity contribution >= 4 is 23.5 Å². The average Bonchev–Trinajstić information content (AvgIpc) is 2.77. The van der Waals surface area contributed by atoms with Crippen molar-refractivity contribution in [1.29, 1.82) is 0 Å². The SMILES string of the molecule is COC(=O)C1=C(C)NC(O)(c2ccccc2Cl)[C@H]2C(=O)OC(C)(C)[C@@H]12. The van der Waals surface area contributed by atoms with E-state index in [1.165, 1.54) is 7.11 Å². The van der Waals surface area contributed by atoms with Gasteiger partial charge in [0.15, 0.2) is 5.72 Å². The normalized spacial score (nSPS) is 30.4. The van der Waals surface area contributed by atoms with Crippen LogP contribution in [0.5, 0.6) is 0 Å². The number of hydrogen-bond donors (Lipinski definition) is 2. The van der Waals surface area contributed by atoms with Gasteiger partial charge in [-0.3, -0.25) is 4.79 Å². The lowest BCUT2D eigenvalue weighted by molar-refractivity contribution is -0.156. The summed E-state index contributed by atoms with van der Waals surface area (Å²) in [5.74, 6) is -2.89. The van der Waals surface area contributed by atoms with Gasteiger partial charge in [0, 0.05) is 16.3 Å². The number of halogens is 1. The number of ether oxygens (including phenoxy) is 2. The van der Waals surface area contributed by atoms with Gasteiger partial charge >= 0.3 is 11.9 Å². The molecule has 0 amide bonds. The Labute approximate surface area is 150 Å². The number of benzene rings is 1. The van der Waals surface area contributed by atoms with Crippen LogP contribution in [-0.2, 0) is 24.8 Å². The number of methoxy groups -OCH3 is 1. The lowest BCUT2D eigenvalue weighted by Gasteiger charge is -2.43. The molecule has 0 saturated carbocycles. The van der Waals surface area contributed by atoms with Crippen molar-refractivity contribution < 1.29 is 24.2 Å². The minimum atomic E-state index is -1.80. The van der Waals surface area contributed by atoms with Gasteiger partial charge in [-0.15, -0.1) is 0 Å². The summed E-state index contributed by atoms with van der Waals surface area (Å²) in [7, 11) is 1.27. The van der Waals surface area contributed by atoms with Gasteiger partial charge in [0.2, 0.25) is 0 Å². The van der Waals surface area contributed by atoms with Gasteiger partial charge in [0.1, 0.15) is 11.5 Å². The Hall–Kier alpha value is -2.05. The molecule has 0 aromatic heterocycles. The molecule has 2 heterocycles. The Kier molecular flexibility index (Phi) is 4.08. The molecule has 2 aliphatic heterocycles. The fourth-order valence-electron chi connectivity index (χ4n) is 3.91. The number of cyclic esters (lactones) is 1. The topological polar surface area (TPSA) is 84.9 Å². The average molecular weight is 366 g/mol. The van der Waals surface area contributed by atoms with Gasteiger partial charge in [-0.2, -0.15) is 0 Å². The van der Waals surface area contributed by atoms with Crippen LogP contribution in [0.4, 0.5) is 0 Å². The van der Waals surface area contributed by atoms with Gasteiger partial charge in [-0.1, -0.05) is 29.8 Å². The molecule has 1 aromatic rings. The first-order valence-electron chi connectivity index (χ1n) is 7.91. The third kappa shape index (κ3) is 2.51. The Bertz CT molecular complexity index is 787. The number of esters is 2. The van der Waals surface area contributed by atoms with Gasteiger partial charge in [0.25, 0.3) is 0 Å². The fraction of sp³-hybridized carbons (Fsp3) is 0.444. The molecule has 134 valence electrons. The van der Waals surface area contributed by atoms with Crippen molar-refractivity contribution in [1.82, 2.24) is 5.32 Å². The van der Waals surface area contributed by atoms with E-state index in [1.807, 2.05) is 0 Å². The monoisotopic (exact) mass is 365 g/mol. The molecule has 1 unspecified atom stereocenters. The van der Waals surface area contributed by atoms with Crippen LogP contribution in [0.3, 0.4) is 0 Å². The summed E-state index contributed by atoms with van der Waals surface area (Å²) in [5.41, 5.74) is -1.72. The smallest absolute Gasteiger partial charge is 0.335 e. The van der Waals surface area contributed by atoms with Crippen molar-refractivity contribution in [2.75, 3.05) is 7.11 Å². The number of hydrogen-bond acceptors (Lipinski definition) is 6. The second-order valence-corrected chi connectivity index (χ2v) is 7.29. The lowest BCUT2D eigenvalue weighted by atomic mass is 9.68. The van der Waals surface area contributed by atoms with E-state index in [4.69, 9.17) is 21.1 Å². The summed E-state index contributed by atoms with van der Waals surface area (Å²) < 4.78 is 10.4. The molecule has 3 rings (SSSR count). The van der Waals surface area contributed by atoms with Gasteiger partial charge in [0.05, 0.1) is 18.6 Å². The first-order chi connectivity index (χ1) is 11.6. The Morgan fingerprint density at radius 2 is 1.96 bits per heavy atom. The zero-order chi connectivity index (χ0) is 18.6. The molecule has 1 saturated heterocycles. The van der Waals surface area contributed by atoms with Crippen LogP contribution in [-0.4, -0.2) is 29.8 Å². The molecular weight excluding hydrogens is 346 g/mol. The van der Waals surface area contributed by atoms with E-state index in [9.17, 15) is 14.7 Å². The molecular formula is C18H20ClNO5. The van der Waals surface area contributed by atoms with Crippen molar-refractivity contribution in [2.45, 2.75) is 32.1 Å². The summed E-state index contributed by atoms with van der Waals surface area (Å²) in [6, 6.07) is 6.72. The van der Waals surface area contributed by atoms with E-state index in [-0.39, 0.29) is 0 Å². The number of aliphatic hydroxyl groups is 1. The molecule has 7 heteroatoms. The Balaban J connectivity index is 2.26. The van der Waals surface area contributed by atoms with Crippen LogP contribution in [0, 0.1) is 11.8 Å². The van der Waals surface area contributed by atoms with Crippen molar-refractivity contribution in [3.8, 4) is 0 Å². The molecule has 25 heavy (non-hydrogen) atoms. The lowest BCUT2D eigenvalue weighted by Crippen LogP contribution is -2.57. The number of rotatable bonds is 2. The van der Waals surface area contributed by atoms with Crippen LogP contribution in [0.2, 0.25) is 5.02 Å². The Morgan fingerprint density at radius 1 is 1.32 bits per heavy atom. The summed E-state index contributed by atoms with van der Waals surface area (Å²) in [5, 5.41) is 14.7. The maximum absolute atomic E-state index is 12.6. The van der Waals surface area contributed by atoms with Crippen molar-refractivity contribution in [3.05, 3.63) is 46.1 Å². The minimum absolute atomic E-state index is 0.292. The highest BCUT2D eigenvalue weighted by Crippen LogP contribution is 2.52. The molecule has 0 radical (unpaired) electrons. The molecule has 1 aromatic carbocycles. The van der Waals surface area contributed by atoms with Crippen LogP contribution >= 0.6 is 11.6 Å². The number of carbonyl (C=O) groups excluding carboxylic acids is 2. The highest BCUT2D eigenvalue weighted by atomic mass is 35.5. The fourth-order valence-corrected chi connectivity index (χ4v) is 4.19. The van der Waals surface area contributed by atoms with Crippen LogP contribution in [0.1, 0.15) is 26.3 Å². The van der Waals surface area contributed by atoms with E-state index in [0.717, 1.165) is 0 Å². The number of nitrogens with one attached hydrogen (secondary N) is 1. The Morgan fingerprint density at radius 3 is 2.56 bits per heavy atom. The minimum Gasteiger partial charge on any atom is -0.466 e. The van der Waals surface area contributed by atoms with Crippen LogP contribution < -0.4 is 5.32 Å². The third-order valence-electron chi connectivity index (χ3n) is 4.93. The van der Waals surface area contributed by atoms with Gasteiger partial charge < -0.3 is 19.9 Å². The molecule has 0 aliphatic carbocycles. The maximum Gasteiger partial charge on any atom is 0.335 e. The molecule has 6 nitrogen and oxygen atoms in total. The highest BCUT2D eigenvalue weighted by molar-refractivity contribution is 6.31. The van der Waals surface area contributed by atoms with Gasteiger partial charge in [-0.05, 0) is 26.8 Å². The molecule has 1 fully saturated rings. The standard InChI is InChI=1S/C18H20ClNO5/c1-9-12(15(21)24-4)13-14(16(22)25-17(13,2)3)18(23,20-9)10-7-5-6-8-11(10)19/h5-8,13-14,20,23H,1-4H3/t13-,14+,18?/m0/s1. The van der Waals surface area contributed by atoms with E-state index in [0.29, 0.717) is 21.9 Å². The summed E-state index contributed by atoms with van der Waals surface area (Å²) >= 11 is 6.27. The molecule has 0 spiro atoms. The molecule has 0 bridgehead atoms. The summed E-state index contributed by atoms with van der Waals surface area (Å²) in [6.07, 6.45) is 0. The van der Waals surface area contributed by atoms with Crippen LogP contribution in [0.15, 0.2) is 35.5 Å². The predicted octanol–water partition coefficient (Wildman–Crippen LogP) is 2.10. The zero-order valence-corrected chi connectivity index (χ0v) is 15.2. The van der Waals surface area contributed by atoms with E-state index in [2.05, 4.69) is 5.32 Å². The number of fused-ring (bicyclic) bond motifs is 1. The number of allylic oxidation sites excluding steroid dienone is 1. The van der Waals surface area contributed by atoms with E-state index >= 15 is 0 Å². The molecule has 3 atom stereocenters. The quantitative estimate of drug-likeness (QED) is 0.781. The second-order valence-electron chi connectivity index (χ2n) is 6.88. The summed E-state index contributed by atoms with van der Waals surface area (Å²) in [6.45, 7) is 5.08. The third-order valence-corrected chi connectivity index (χ3v) is 5.26. The molecule has 2 N–H and O–H groups in total. The van der Waals surface area contributed by atoms with Crippen molar-refractivity contribution in [3.63, 3.8) is 0 Å². The number of carbonyl (C=O) groups is 2. The van der Waals surface area contributed by atoms with Crippen LogP contribution in [0.25, 0.3) is 0 Å². The van der Waals surface area contributed by atoms with E-state index in [1.54, 1.807) is 45.0 Å². The van der Waals surface area contributed by atoms with Gasteiger partial charge in [-0.25, -0.2) is 4.79 Å². The molecule has 2 aliphatic rings. The predicted molar refractivity (Wildman–Crippen MR) is 90.4 cm³/mol.